The highest BCUT2D eigenvalue weighted by atomic mass is 19.1. The summed E-state index contributed by atoms with van der Waals surface area (Å²) in [7, 11) is 0. The number of likely N-dealkylation sites (N-methyl/N-ethyl adjacent to an activating group) is 1. The highest BCUT2D eigenvalue weighted by Gasteiger charge is 2.20. The number of hydrogen-bond acceptors (Lipinski definition) is 2. The van der Waals surface area contributed by atoms with Gasteiger partial charge in [-0.2, -0.15) is 5.10 Å². The van der Waals surface area contributed by atoms with Crippen molar-refractivity contribution in [1.82, 2.24) is 14.7 Å². The molecule has 0 N–H and O–H groups in total. The Morgan fingerprint density at radius 1 is 1.15 bits per heavy atom. The van der Waals surface area contributed by atoms with Crippen molar-refractivity contribution in [1.29, 1.82) is 0 Å². The van der Waals surface area contributed by atoms with Crippen LogP contribution in [0.3, 0.4) is 0 Å². The number of hydrogen-bond donors (Lipinski definition) is 0. The van der Waals surface area contributed by atoms with Crippen LogP contribution in [0.5, 0.6) is 0 Å². The molecule has 0 aliphatic carbocycles. The van der Waals surface area contributed by atoms with E-state index in [-0.39, 0.29) is 11.7 Å². The molecule has 2 aromatic rings. The second-order valence-corrected chi connectivity index (χ2v) is 6.83. The van der Waals surface area contributed by atoms with E-state index in [1.54, 1.807) is 16.8 Å². The number of benzene rings is 1. The van der Waals surface area contributed by atoms with E-state index in [9.17, 15) is 9.18 Å². The standard InChI is InChI=1S/C21H30FN3O/c1-6-17(7-2)14-24(8-3)21(26)13-20-15(4)23-25(16(20)5)19-11-9-18(22)10-12-19/h9-12,17H,6-8,13-14H2,1-5H3. The van der Waals surface area contributed by atoms with Crippen LogP contribution in [0.15, 0.2) is 24.3 Å². The minimum Gasteiger partial charge on any atom is -0.342 e. The van der Waals surface area contributed by atoms with Crippen LogP contribution in [0.25, 0.3) is 5.69 Å². The maximum atomic E-state index is 13.2. The van der Waals surface area contributed by atoms with Crippen LogP contribution in [0.4, 0.5) is 4.39 Å². The molecule has 0 aliphatic heterocycles. The van der Waals surface area contributed by atoms with Crippen molar-refractivity contribution < 1.29 is 9.18 Å². The molecule has 0 spiro atoms. The average molecular weight is 359 g/mol. The van der Waals surface area contributed by atoms with Crippen molar-refractivity contribution in [2.75, 3.05) is 13.1 Å². The minimum absolute atomic E-state index is 0.143. The zero-order chi connectivity index (χ0) is 19.3. The smallest absolute Gasteiger partial charge is 0.227 e. The van der Waals surface area contributed by atoms with Crippen LogP contribution < -0.4 is 0 Å². The quantitative estimate of drug-likeness (QED) is 0.698. The lowest BCUT2D eigenvalue weighted by molar-refractivity contribution is -0.131. The van der Waals surface area contributed by atoms with Crippen LogP contribution in [-0.2, 0) is 11.2 Å². The molecule has 26 heavy (non-hydrogen) atoms. The van der Waals surface area contributed by atoms with Gasteiger partial charge in [0, 0.05) is 24.3 Å². The monoisotopic (exact) mass is 359 g/mol. The van der Waals surface area contributed by atoms with Gasteiger partial charge in [-0.3, -0.25) is 4.79 Å². The van der Waals surface area contributed by atoms with Crippen LogP contribution in [0, 0.1) is 25.6 Å². The highest BCUT2D eigenvalue weighted by molar-refractivity contribution is 5.79. The molecule has 5 heteroatoms. The van der Waals surface area contributed by atoms with Gasteiger partial charge in [-0.05, 0) is 51.0 Å². The summed E-state index contributed by atoms with van der Waals surface area (Å²) in [6.07, 6.45) is 2.52. The van der Waals surface area contributed by atoms with E-state index in [0.29, 0.717) is 12.3 Å². The molecular formula is C21H30FN3O. The molecule has 4 nitrogen and oxygen atoms in total. The number of amides is 1. The molecule has 0 radical (unpaired) electrons. The van der Waals surface area contributed by atoms with Gasteiger partial charge in [0.05, 0.1) is 17.8 Å². The number of rotatable bonds is 8. The Morgan fingerprint density at radius 2 is 1.77 bits per heavy atom. The normalized spacial score (nSPS) is 11.2. The van der Waals surface area contributed by atoms with E-state index >= 15 is 0 Å². The van der Waals surface area contributed by atoms with E-state index in [4.69, 9.17) is 0 Å². The van der Waals surface area contributed by atoms with Gasteiger partial charge in [0.25, 0.3) is 0 Å². The molecule has 1 amide bonds. The van der Waals surface area contributed by atoms with Crippen LogP contribution in [0.1, 0.15) is 50.6 Å². The molecule has 0 atom stereocenters. The first-order valence-corrected chi connectivity index (χ1v) is 9.49. The van der Waals surface area contributed by atoms with Crippen molar-refractivity contribution >= 4 is 5.91 Å². The van der Waals surface area contributed by atoms with Gasteiger partial charge >= 0.3 is 0 Å². The van der Waals surface area contributed by atoms with Gasteiger partial charge in [-0.15, -0.1) is 0 Å². The molecule has 0 saturated heterocycles. The number of halogens is 1. The molecule has 1 heterocycles. The zero-order valence-corrected chi connectivity index (χ0v) is 16.6. The Labute approximate surface area is 156 Å². The Hall–Kier alpha value is -2.17. The fourth-order valence-corrected chi connectivity index (χ4v) is 3.29. The predicted octanol–water partition coefficient (Wildman–Crippen LogP) is 4.46. The first-order valence-electron chi connectivity index (χ1n) is 9.49. The van der Waals surface area contributed by atoms with Gasteiger partial charge in [0.1, 0.15) is 5.82 Å². The van der Waals surface area contributed by atoms with E-state index in [1.165, 1.54) is 12.1 Å². The minimum atomic E-state index is -0.273. The number of carbonyl (C=O) groups excluding carboxylic acids is 1. The lowest BCUT2D eigenvalue weighted by Crippen LogP contribution is -2.36. The summed E-state index contributed by atoms with van der Waals surface area (Å²) >= 11 is 0. The van der Waals surface area contributed by atoms with E-state index < -0.39 is 0 Å². The molecule has 142 valence electrons. The summed E-state index contributed by atoms with van der Waals surface area (Å²) in [5.41, 5.74) is 3.54. The third kappa shape index (κ3) is 4.51. The molecule has 1 aromatic heterocycles. The SMILES string of the molecule is CCC(CC)CN(CC)C(=O)Cc1c(C)nn(-c2ccc(F)cc2)c1C. The summed E-state index contributed by atoms with van der Waals surface area (Å²) in [6, 6.07) is 6.24. The second-order valence-electron chi connectivity index (χ2n) is 6.83. The number of aromatic nitrogens is 2. The summed E-state index contributed by atoms with van der Waals surface area (Å²) < 4.78 is 15.0. The number of aryl methyl sites for hydroxylation is 1. The molecule has 0 unspecified atom stereocenters. The van der Waals surface area contributed by atoms with Gasteiger partial charge in [-0.1, -0.05) is 26.7 Å². The molecule has 0 aliphatic rings. The van der Waals surface area contributed by atoms with Crippen molar-refractivity contribution in [2.24, 2.45) is 5.92 Å². The third-order valence-corrected chi connectivity index (χ3v) is 5.21. The first-order chi connectivity index (χ1) is 12.4. The van der Waals surface area contributed by atoms with Gasteiger partial charge in [0.15, 0.2) is 0 Å². The molecular weight excluding hydrogens is 329 g/mol. The predicted molar refractivity (Wildman–Crippen MR) is 103 cm³/mol. The highest BCUT2D eigenvalue weighted by Crippen LogP contribution is 2.20. The van der Waals surface area contributed by atoms with Crippen LogP contribution in [-0.4, -0.2) is 33.7 Å². The number of nitrogens with zero attached hydrogens (tertiary/aromatic N) is 3. The Balaban J connectivity index is 2.21. The molecule has 0 fully saturated rings. The van der Waals surface area contributed by atoms with Gasteiger partial charge in [0.2, 0.25) is 5.91 Å². The summed E-state index contributed by atoms with van der Waals surface area (Å²) in [5.74, 6) is 0.415. The lowest BCUT2D eigenvalue weighted by Gasteiger charge is -2.25. The van der Waals surface area contributed by atoms with Crippen molar-refractivity contribution in [3.8, 4) is 5.69 Å². The second kappa shape index (κ2) is 8.97. The fourth-order valence-electron chi connectivity index (χ4n) is 3.29. The van der Waals surface area contributed by atoms with Gasteiger partial charge in [-0.25, -0.2) is 9.07 Å². The summed E-state index contributed by atoms with van der Waals surface area (Å²) in [5, 5.41) is 4.57. The molecule has 0 bridgehead atoms. The molecule has 1 aromatic carbocycles. The lowest BCUT2D eigenvalue weighted by atomic mass is 10.0. The molecule has 0 saturated carbocycles. The summed E-state index contributed by atoms with van der Waals surface area (Å²) in [4.78, 5) is 14.8. The van der Waals surface area contributed by atoms with Crippen molar-refractivity contribution in [3.63, 3.8) is 0 Å². The Morgan fingerprint density at radius 3 is 2.31 bits per heavy atom. The van der Waals surface area contributed by atoms with Gasteiger partial charge < -0.3 is 4.90 Å². The van der Waals surface area contributed by atoms with E-state index in [1.807, 2.05) is 25.7 Å². The Kier molecular flexibility index (Phi) is 6.95. The maximum Gasteiger partial charge on any atom is 0.227 e. The first kappa shape index (κ1) is 20.1. The van der Waals surface area contributed by atoms with Crippen molar-refractivity contribution in [2.45, 2.75) is 53.9 Å². The summed E-state index contributed by atoms with van der Waals surface area (Å²) in [6.45, 7) is 11.8. The van der Waals surface area contributed by atoms with E-state index in [2.05, 4.69) is 18.9 Å². The average Bonchev–Trinajstić information content (AvgIpc) is 2.91. The fraction of sp³-hybridized carbons (Fsp3) is 0.524. The Bertz CT molecular complexity index is 732. The third-order valence-electron chi connectivity index (χ3n) is 5.21. The van der Waals surface area contributed by atoms with Crippen LogP contribution in [0.2, 0.25) is 0 Å². The topological polar surface area (TPSA) is 38.1 Å². The largest absolute Gasteiger partial charge is 0.342 e. The van der Waals surface area contributed by atoms with Crippen molar-refractivity contribution in [3.05, 3.63) is 47.0 Å². The zero-order valence-electron chi connectivity index (χ0n) is 16.6. The van der Waals surface area contributed by atoms with Crippen LogP contribution >= 0.6 is 0 Å². The number of carbonyl (C=O) groups is 1. The maximum absolute atomic E-state index is 13.2. The van der Waals surface area contributed by atoms with E-state index in [0.717, 1.165) is 48.6 Å². The molecule has 2 rings (SSSR count).